The van der Waals surface area contributed by atoms with E-state index in [4.69, 9.17) is 0 Å². The van der Waals surface area contributed by atoms with Gasteiger partial charge < -0.3 is 4.57 Å². The molecule has 1 aliphatic carbocycles. The molecule has 0 aliphatic heterocycles. The molecule has 0 saturated carbocycles. The Kier molecular flexibility index (Phi) is 4.97. The Morgan fingerprint density at radius 2 is 1.94 bits per heavy atom. The average Bonchev–Trinajstić information content (AvgIpc) is 3.30. The van der Waals surface area contributed by atoms with Crippen LogP contribution in [0, 0.1) is 24.0 Å². The van der Waals surface area contributed by atoms with E-state index in [0.717, 1.165) is 58.7 Å². The van der Waals surface area contributed by atoms with E-state index in [1.165, 1.54) is 28.0 Å². The van der Waals surface area contributed by atoms with Crippen molar-refractivity contribution in [3.8, 4) is 5.69 Å². The van der Waals surface area contributed by atoms with Crippen molar-refractivity contribution in [2.45, 2.75) is 39.5 Å². The molecule has 0 amide bonds. The second-order valence-corrected chi connectivity index (χ2v) is 9.05. The average molecular weight is 448 g/mol. The maximum absolute atomic E-state index is 13.1. The predicted molar refractivity (Wildman–Crippen MR) is 125 cm³/mol. The van der Waals surface area contributed by atoms with Crippen LogP contribution in [0.1, 0.15) is 40.2 Å². The molecule has 4 aromatic rings. The summed E-state index contributed by atoms with van der Waals surface area (Å²) < 4.78 is 3.31. The minimum atomic E-state index is -0.412. The number of nitro benzene ring substituents is 1. The highest BCUT2D eigenvalue weighted by Crippen LogP contribution is 2.33. The summed E-state index contributed by atoms with van der Waals surface area (Å²) in [5.41, 5.74) is 4.65. The highest BCUT2D eigenvalue weighted by atomic mass is 32.1. The van der Waals surface area contributed by atoms with Crippen molar-refractivity contribution in [2.24, 2.45) is 5.10 Å². The molecule has 3 heterocycles. The van der Waals surface area contributed by atoms with E-state index in [-0.39, 0.29) is 11.2 Å². The molecule has 0 atom stereocenters. The SMILES string of the molecule is Cc1cc(C=Nn2cnc3sc4c(c3c2=O)CCCC4)c(C)n1-c1ccc([N+](=O)[O-])cc1. The molecule has 0 bridgehead atoms. The largest absolute Gasteiger partial charge is 0.318 e. The van der Waals surface area contributed by atoms with Crippen molar-refractivity contribution in [1.29, 1.82) is 0 Å². The maximum Gasteiger partial charge on any atom is 0.282 e. The van der Waals surface area contributed by atoms with Crippen LogP contribution in [0.4, 0.5) is 5.69 Å². The fourth-order valence-corrected chi connectivity index (χ4v) is 5.60. The Morgan fingerprint density at radius 3 is 2.69 bits per heavy atom. The smallest absolute Gasteiger partial charge is 0.282 e. The Hall–Kier alpha value is -3.59. The van der Waals surface area contributed by atoms with Gasteiger partial charge in [0.25, 0.3) is 11.2 Å². The van der Waals surface area contributed by atoms with Gasteiger partial charge in [-0.05, 0) is 63.3 Å². The minimum absolute atomic E-state index is 0.0517. The van der Waals surface area contributed by atoms with E-state index in [2.05, 4.69) is 10.1 Å². The van der Waals surface area contributed by atoms with Crippen LogP contribution < -0.4 is 5.56 Å². The van der Waals surface area contributed by atoms with E-state index < -0.39 is 4.92 Å². The Morgan fingerprint density at radius 1 is 1.19 bits per heavy atom. The first-order valence-corrected chi connectivity index (χ1v) is 11.3. The highest BCUT2D eigenvalue weighted by molar-refractivity contribution is 7.18. The lowest BCUT2D eigenvalue weighted by atomic mass is 9.97. The summed E-state index contributed by atoms with van der Waals surface area (Å²) >= 11 is 1.62. The Bertz CT molecular complexity index is 1440. The van der Waals surface area contributed by atoms with Crippen LogP contribution in [0.5, 0.6) is 0 Å². The third kappa shape index (κ3) is 3.34. The molecule has 162 valence electrons. The van der Waals surface area contributed by atoms with Crippen LogP contribution in [0.15, 0.2) is 46.6 Å². The fraction of sp³-hybridized carbons (Fsp3) is 0.261. The monoisotopic (exact) mass is 447 g/mol. The van der Waals surface area contributed by atoms with E-state index in [1.54, 1.807) is 29.7 Å². The fourth-order valence-electron chi connectivity index (χ4n) is 4.38. The van der Waals surface area contributed by atoms with Gasteiger partial charge in [-0.1, -0.05) is 0 Å². The zero-order valence-corrected chi connectivity index (χ0v) is 18.6. The molecule has 1 aliphatic rings. The Balaban J connectivity index is 1.51. The molecule has 0 radical (unpaired) electrons. The third-order valence-corrected chi connectivity index (χ3v) is 7.17. The molecule has 1 aromatic carbocycles. The predicted octanol–water partition coefficient (Wildman–Crippen LogP) is 4.53. The summed E-state index contributed by atoms with van der Waals surface area (Å²) in [6.07, 6.45) is 7.36. The molecule has 8 nitrogen and oxygen atoms in total. The van der Waals surface area contributed by atoms with Crippen molar-refractivity contribution in [3.05, 3.63) is 84.5 Å². The number of nitro groups is 1. The summed E-state index contributed by atoms with van der Waals surface area (Å²) in [5, 5.41) is 16.1. The molecule has 0 unspecified atom stereocenters. The zero-order valence-electron chi connectivity index (χ0n) is 17.7. The number of fused-ring (bicyclic) bond motifs is 3. The van der Waals surface area contributed by atoms with Crippen molar-refractivity contribution >= 4 is 33.5 Å². The summed E-state index contributed by atoms with van der Waals surface area (Å²) in [7, 11) is 0. The minimum Gasteiger partial charge on any atom is -0.318 e. The number of hydrogen-bond acceptors (Lipinski definition) is 6. The quantitative estimate of drug-likeness (QED) is 0.261. The van der Waals surface area contributed by atoms with Gasteiger partial charge >= 0.3 is 0 Å². The van der Waals surface area contributed by atoms with Gasteiger partial charge in [0, 0.05) is 39.6 Å². The molecule has 5 rings (SSSR count). The van der Waals surface area contributed by atoms with E-state index >= 15 is 0 Å². The molecule has 32 heavy (non-hydrogen) atoms. The number of rotatable bonds is 4. The molecule has 0 spiro atoms. The molecule has 9 heteroatoms. The summed E-state index contributed by atoms with van der Waals surface area (Å²) in [6, 6.07) is 8.40. The third-order valence-electron chi connectivity index (χ3n) is 5.97. The van der Waals surface area contributed by atoms with Gasteiger partial charge in [0.2, 0.25) is 0 Å². The van der Waals surface area contributed by atoms with E-state index in [9.17, 15) is 14.9 Å². The maximum atomic E-state index is 13.1. The van der Waals surface area contributed by atoms with Gasteiger partial charge in [-0.25, -0.2) is 4.98 Å². The van der Waals surface area contributed by atoms with Crippen molar-refractivity contribution in [3.63, 3.8) is 0 Å². The van der Waals surface area contributed by atoms with Crippen molar-refractivity contribution in [1.82, 2.24) is 14.2 Å². The first-order valence-electron chi connectivity index (χ1n) is 10.4. The van der Waals surface area contributed by atoms with Crippen LogP contribution >= 0.6 is 11.3 Å². The van der Waals surface area contributed by atoms with Gasteiger partial charge in [-0.3, -0.25) is 14.9 Å². The van der Waals surface area contributed by atoms with Crippen molar-refractivity contribution in [2.75, 3.05) is 0 Å². The lowest BCUT2D eigenvalue weighted by molar-refractivity contribution is -0.384. The van der Waals surface area contributed by atoms with Crippen LogP contribution in [-0.4, -0.2) is 25.4 Å². The second kappa shape index (κ2) is 7.83. The molecule has 0 N–H and O–H groups in total. The lowest BCUT2D eigenvalue weighted by Gasteiger charge is -2.09. The Labute approximate surface area is 187 Å². The number of aromatic nitrogens is 3. The van der Waals surface area contributed by atoms with Crippen molar-refractivity contribution < 1.29 is 4.92 Å². The van der Waals surface area contributed by atoms with Gasteiger partial charge in [-0.2, -0.15) is 9.78 Å². The normalized spacial score (nSPS) is 13.7. The van der Waals surface area contributed by atoms with Gasteiger partial charge in [-0.15, -0.1) is 11.3 Å². The summed E-state index contributed by atoms with van der Waals surface area (Å²) in [4.78, 5) is 30.2. The number of hydrogen-bond donors (Lipinski definition) is 0. The number of thiophene rings is 1. The summed E-state index contributed by atoms with van der Waals surface area (Å²) in [5.74, 6) is 0. The van der Waals surface area contributed by atoms with Crippen LogP contribution in [0.3, 0.4) is 0 Å². The first kappa shape index (κ1) is 20.3. The van der Waals surface area contributed by atoms with Crippen LogP contribution in [0.2, 0.25) is 0 Å². The number of non-ortho nitro benzene ring substituents is 1. The van der Waals surface area contributed by atoms with E-state index in [1.807, 2.05) is 24.5 Å². The molecule has 0 fully saturated rings. The van der Waals surface area contributed by atoms with E-state index in [0.29, 0.717) is 5.39 Å². The van der Waals surface area contributed by atoms with Gasteiger partial charge in [0.05, 0.1) is 16.5 Å². The van der Waals surface area contributed by atoms with Crippen LogP contribution in [0.25, 0.3) is 15.9 Å². The molecular formula is C23H21N5O3S. The lowest BCUT2D eigenvalue weighted by Crippen LogP contribution is -2.18. The molecular weight excluding hydrogens is 426 g/mol. The topological polar surface area (TPSA) is 95.3 Å². The zero-order chi connectivity index (χ0) is 22.4. The van der Waals surface area contributed by atoms with Crippen LogP contribution in [-0.2, 0) is 12.8 Å². The van der Waals surface area contributed by atoms with Gasteiger partial charge in [0.15, 0.2) is 0 Å². The first-order chi connectivity index (χ1) is 15.4. The standard InChI is InChI=1S/C23H21N5O3S/c1-14-11-16(15(2)27(14)17-7-9-18(10-8-17)28(30)31)12-25-26-13-24-22-21(23(26)29)19-5-3-4-6-20(19)32-22/h7-13H,3-6H2,1-2H3. The highest BCUT2D eigenvalue weighted by Gasteiger charge is 2.20. The second-order valence-electron chi connectivity index (χ2n) is 7.97. The number of aryl methyl sites for hydroxylation is 3. The number of nitrogens with zero attached hydrogens (tertiary/aromatic N) is 5. The van der Waals surface area contributed by atoms with Gasteiger partial charge in [0.1, 0.15) is 11.2 Å². The summed E-state index contributed by atoms with van der Waals surface area (Å²) in [6.45, 7) is 3.92. The number of benzene rings is 1. The molecule has 3 aromatic heterocycles. The molecule has 0 saturated heterocycles.